The topological polar surface area (TPSA) is 37.3 Å². The lowest BCUT2D eigenvalue weighted by Crippen LogP contribution is -2.08. The molecule has 2 unspecified atom stereocenters. The number of aliphatic carboxylic acids is 1. The molecule has 0 radical (unpaired) electrons. The molecule has 0 heterocycles. The highest BCUT2D eigenvalue weighted by atomic mass is 16.4. The molecule has 1 saturated carbocycles. The van der Waals surface area contributed by atoms with E-state index in [0.717, 1.165) is 12.3 Å². The first-order valence-corrected chi connectivity index (χ1v) is 6.97. The zero-order valence-electron chi connectivity index (χ0n) is 10.9. The van der Waals surface area contributed by atoms with Crippen molar-refractivity contribution in [3.05, 3.63) is 34.9 Å². The van der Waals surface area contributed by atoms with Gasteiger partial charge in [-0.2, -0.15) is 0 Å². The van der Waals surface area contributed by atoms with Crippen LogP contribution in [0.1, 0.15) is 48.8 Å². The molecule has 1 aromatic carbocycles. The molecule has 2 heteroatoms. The maximum absolute atomic E-state index is 11.0. The summed E-state index contributed by atoms with van der Waals surface area (Å²) in [6, 6.07) is 6.68. The molecule has 1 N–H and O–H groups in total. The number of carboxylic acids is 1. The van der Waals surface area contributed by atoms with Crippen LogP contribution < -0.4 is 0 Å². The lowest BCUT2D eigenvalue weighted by molar-refractivity contribution is -0.137. The summed E-state index contributed by atoms with van der Waals surface area (Å²) in [5, 5.41) is 9.06. The molecule has 18 heavy (non-hydrogen) atoms. The minimum absolute atomic E-state index is 0.240. The zero-order valence-corrected chi connectivity index (χ0v) is 10.9. The monoisotopic (exact) mass is 244 g/mol. The molecule has 2 aliphatic rings. The lowest BCUT2D eigenvalue weighted by atomic mass is 9.89. The average molecular weight is 244 g/mol. The van der Waals surface area contributed by atoms with Crippen molar-refractivity contribution in [3.8, 4) is 0 Å². The van der Waals surface area contributed by atoms with Crippen LogP contribution in [0.5, 0.6) is 0 Å². The van der Waals surface area contributed by atoms with Crippen LogP contribution in [-0.4, -0.2) is 11.1 Å². The van der Waals surface area contributed by atoms with Gasteiger partial charge in [-0.05, 0) is 60.1 Å². The normalized spacial score (nSPS) is 23.7. The van der Waals surface area contributed by atoms with Crippen LogP contribution in [0.15, 0.2) is 18.2 Å². The third-order valence-corrected chi connectivity index (χ3v) is 4.38. The van der Waals surface area contributed by atoms with Crippen LogP contribution >= 0.6 is 0 Å². The summed E-state index contributed by atoms with van der Waals surface area (Å²) in [6.45, 7) is 2.29. The van der Waals surface area contributed by atoms with Gasteiger partial charge in [0, 0.05) is 0 Å². The molecule has 3 rings (SSSR count). The number of benzene rings is 1. The van der Waals surface area contributed by atoms with Gasteiger partial charge < -0.3 is 5.11 Å². The molecule has 1 aromatic rings. The molecule has 0 bridgehead atoms. The fourth-order valence-corrected chi connectivity index (χ4v) is 3.33. The average Bonchev–Trinajstić information content (AvgIpc) is 3.06. The van der Waals surface area contributed by atoms with E-state index in [-0.39, 0.29) is 5.92 Å². The van der Waals surface area contributed by atoms with Gasteiger partial charge >= 0.3 is 5.97 Å². The second-order valence-corrected chi connectivity index (χ2v) is 6.08. The van der Waals surface area contributed by atoms with Crippen LogP contribution in [-0.2, 0) is 17.6 Å². The smallest absolute Gasteiger partial charge is 0.303 e. The predicted molar refractivity (Wildman–Crippen MR) is 70.7 cm³/mol. The van der Waals surface area contributed by atoms with Crippen LogP contribution in [0.2, 0.25) is 0 Å². The summed E-state index contributed by atoms with van der Waals surface area (Å²) in [4.78, 5) is 11.0. The Bertz CT molecular complexity index is 474. The van der Waals surface area contributed by atoms with E-state index >= 15 is 0 Å². The van der Waals surface area contributed by atoms with Gasteiger partial charge in [-0.15, -0.1) is 0 Å². The van der Waals surface area contributed by atoms with E-state index in [2.05, 4.69) is 25.1 Å². The molecular weight excluding hydrogens is 224 g/mol. The number of hydrogen-bond acceptors (Lipinski definition) is 1. The van der Waals surface area contributed by atoms with Crippen molar-refractivity contribution in [3.63, 3.8) is 0 Å². The predicted octanol–water partition coefficient (Wildman–Crippen LogP) is 3.39. The highest BCUT2D eigenvalue weighted by Crippen LogP contribution is 2.45. The molecule has 0 aliphatic heterocycles. The first-order chi connectivity index (χ1) is 8.63. The number of fused-ring (bicyclic) bond motifs is 1. The molecule has 0 aromatic heterocycles. The van der Waals surface area contributed by atoms with Crippen LogP contribution in [0.4, 0.5) is 0 Å². The minimum atomic E-state index is -0.666. The highest BCUT2D eigenvalue weighted by Gasteiger charge is 2.34. The van der Waals surface area contributed by atoms with E-state index in [9.17, 15) is 4.79 Å². The van der Waals surface area contributed by atoms with E-state index < -0.39 is 5.97 Å². The molecule has 2 aliphatic carbocycles. The molecule has 2 nitrogen and oxygen atoms in total. The quantitative estimate of drug-likeness (QED) is 0.881. The maximum Gasteiger partial charge on any atom is 0.303 e. The summed E-state index contributed by atoms with van der Waals surface area (Å²) in [6.07, 6.45) is 5.03. The molecule has 0 amide bonds. The molecule has 0 saturated heterocycles. The Kier molecular flexibility index (Phi) is 2.89. The van der Waals surface area contributed by atoms with Crippen molar-refractivity contribution in [2.45, 2.75) is 44.9 Å². The van der Waals surface area contributed by atoms with E-state index in [1.54, 1.807) is 0 Å². The van der Waals surface area contributed by atoms with Crippen molar-refractivity contribution < 1.29 is 9.90 Å². The van der Waals surface area contributed by atoms with E-state index in [4.69, 9.17) is 5.11 Å². The minimum Gasteiger partial charge on any atom is -0.481 e. The molecular formula is C16H20O2. The van der Waals surface area contributed by atoms with Gasteiger partial charge in [0.25, 0.3) is 0 Å². The number of hydrogen-bond donors (Lipinski definition) is 1. The Morgan fingerprint density at radius 2 is 2.06 bits per heavy atom. The van der Waals surface area contributed by atoms with Crippen molar-refractivity contribution in [1.29, 1.82) is 0 Å². The Morgan fingerprint density at radius 3 is 2.72 bits per heavy atom. The molecule has 1 fully saturated rings. The van der Waals surface area contributed by atoms with Gasteiger partial charge in [0.15, 0.2) is 0 Å². The Balaban J connectivity index is 1.86. The summed E-state index contributed by atoms with van der Waals surface area (Å²) < 4.78 is 0. The summed E-state index contributed by atoms with van der Waals surface area (Å²) >= 11 is 0. The van der Waals surface area contributed by atoms with Gasteiger partial charge in [0.05, 0.1) is 6.42 Å². The number of rotatable bonds is 4. The number of carbonyl (C=O) groups is 1. The van der Waals surface area contributed by atoms with E-state index in [0.29, 0.717) is 12.3 Å². The lowest BCUT2D eigenvalue weighted by Gasteiger charge is -2.15. The Morgan fingerprint density at radius 1 is 1.33 bits per heavy atom. The van der Waals surface area contributed by atoms with Crippen LogP contribution in [0.25, 0.3) is 0 Å². The van der Waals surface area contributed by atoms with Crippen molar-refractivity contribution in [2.24, 2.45) is 11.8 Å². The SMILES string of the molecule is CC1Cc2ccc(C(CC(=O)O)C3CC3)cc2C1. The molecule has 0 spiro atoms. The van der Waals surface area contributed by atoms with Crippen LogP contribution in [0.3, 0.4) is 0 Å². The van der Waals surface area contributed by atoms with Crippen molar-refractivity contribution in [1.82, 2.24) is 0 Å². The molecule has 2 atom stereocenters. The molecule has 96 valence electrons. The number of carboxylic acid groups (broad SMARTS) is 1. The maximum atomic E-state index is 11.0. The van der Waals surface area contributed by atoms with Crippen LogP contribution in [0, 0.1) is 11.8 Å². The van der Waals surface area contributed by atoms with Crippen molar-refractivity contribution in [2.75, 3.05) is 0 Å². The van der Waals surface area contributed by atoms with Gasteiger partial charge in [-0.25, -0.2) is 0 Å². The second-order valence-electron chi connectivity index (χ2n) is 6.08. The summed E-state index contributed by atoms with van der Waals surface area (Å²) in [5.74, 6) is 0.927. The van der Waals surface area contributed by atoms with E-state index in [1.165, 1.54) is 36.0 Å². The fourth-order valence-electron chi connectivity index (χ4n) is 3.33. The highest BCUT2D eigenvalue weighted by molar-refractivity contribution is 5.68. The first kappa shape index (κ1) is 11.8. The third-order valence-electron chi connectivity index (χ3n) is 4.38. The summed E-state index contributed by atoms with van der Waals surface area (Å²) in [5.41, 5.74) is 4.18. The second kappa shape index (κ2) is 4.42. The first-order valence-electron chi connectivity index (χ1n) is 6.97. The summed E-state index contributed by atoms with van der Waals surface area (Å²) in [7, 11) is 0. The van der Waals surface area contributed by atoms with Gasteiger partial charge in [0.2, 0.25) is 0 Å². The Labute approximate surface area is 108 Å². The van der Waals surface area contributed by atoms with Gasteiger partial charge in [-0.3, -0.25) is 4.79 Å². The van der Waals surface area contributed by atoms with E-state index in [1.807, 2.05) is 0 Å². The van der Waals surface area contributed by atoms with Crippen molar-refractivity contribution >= 4 is 5.97 Å². The zero-order chi connectivity index (χ0) is 12.7. The van der Waals surface area contributed by atoms with Gasteiger partial charge in [0.1, 0.15) is 0 Å². The standard InChI is InChI=1S/C16H20O2/c1-10-6-12-4-5-13(8-14(12)7-10)15(9-16(17)18)11-2-3-11/h4-5,8,10-11,15H,2-3,6-7,9H2,1H3,(H,17,18). The van der Waals surface area contributed by atoms with Gasteiger partial charge in [-0.1, -0.05) is 25.1 Å². The third kappa shape index (κ3) is 2.29. The largest absolute Gasteiger partial charge is 0.481 e. The Hall–Kier alpha value is -1.31. The fraction of sp³-hybridized carbons (Fsp3) is 0.562.